The molecule has 2 aromatic carbocycles. The third-order valence-corrected chi connectivity index (χ3v) is 3.78. The summed E-state index contributed by atoms with van der Waals surface area (Å²) in [6.07, 6.45) is -0.0592. The van der Waals surface area contributed by atoms with E-state index in [-0.39, 0.29) is 23.3 Å². The first-order valence-corrected chi connectivity index (χ1v) is 8.15. The SMILES string of the molecule is COC(=O)c1cc(OC(=O)Cc2ccc(OC)c(OC)c2)cc(C(=O)OC)c1. The summed E-state index contributed by atoms with van der Waals surface area (Å²) in [4.78, 5) is 35.9. The van der Waals surface area contributed by atoms with Crippen molar-refractivity contribution < 1.29 is 38.1 Å². The van der Waals surface area contributed by atoms with Crippen LogP contribution in [0.3, 0.4) is 0 Å². The molecule has 0 heterocycles. The van der Waals surface area contributed by atoms with Crippen molar-refractivity contribution in [2.75, 3.05) is 28.4 Å². The van der Waals surface area contributed by atoms with Crippen LogP contribution in [-0.4, -0.2) is 46.3 Å². The van der Waals surface area contributed by atoms with Gasteiger partial charge in [-0.25, -0.2) is 9.59 Å². The van der Waals surface area contributed by atoms with Gasteiger partial charge in [-0.15, -0.1) is 0 Å². The Morgan fingerprint density at radius 1 is 0.750 bits per heavy atom. The van der Waals surface area contributed by atoms with Gasteiger partial charge in [0.1, 0.15) is 5.75 Å². The smallest absolute Gasteiger partial charge is 0.338 e. The maximum atomic E-state index is 12.3. The van der Waals surface area contributed by atoms with E-state index < -0.39 is 17.9 Å². The molecular weight excluding hydrogens is 368 g/mol. The minimum atomic E-state index is -0.678. The van der Waals surface area contributed by atoms with Crippen LogP contribution in [0.15, 0.2) is 36.4 Å². The molecule has 148 valence electrons. The topological polar surface area (TPSA) is 97.4 Å². The Morgan fingerprint density at radius 2 is 1.32 bits per heavy atom. The number of methoxy groups -OCH3 is 4. The third kappa shape index (κ3) is 5.00. The largest absolute Gasteiger partial charge is 0.493 e. The number of hydrogen-bond acceptors (Lipinski definition) is 8. The number of benzene rings is 2. The molecule has 8 nitrogen and oxygen atoms in total. The molecule has 8 heteroatoms. The Balaban J connectivity index is 2.23. The standard InChI is InChI=1S/C20H20O8/c1-24-16-6-5-12(7-17(16)25-2)8-18(21)28-15-10-13(19(22)26-3)9-14(11-15)20(23)27-4/h5-7,9-11H,8H2,1-4H3. The molecule has 0 saturated carbocycles. The van der Waals surface area contributed by atoms with Crippen molar-refractivity contribution in [3.05, 3.63) is 53.1 Å². The zero-order chi connectivity index (χ0) is 20.7. The quantitative estimate of drug-likeness (QED) is 0.527. The number of carbonyl (C=O) groups is 3. The van der Waals surface area contributed by atoms with Gasteiger partial charge >= 0.3 is 17.9 Å². The van der Waals surface area contributed by atoms with Crippen molar-refractivity contribution >= 4 is 17.9 Å². The lowest BCUT2D eigenvalue weighted by molar-refractivity contribution is -0.133. The highest BCUT2D eigenvalue weighted by Crippen LogP contribution is 2.28. The minimum absolute atomic E-state index is 0.0220. The lowest BCUT2D eigenvalue weighted by Crippen LogP contribution is -2.13. The second-order valence-electron chi connectivity index (χ2n) is 5.57. The van der Waals surface area contributed by atoms with E-state index in [4.69, 9.17) is 14.2 Å². The average molecular weight is 388 g/mol. The van der Waals surface area contributed by atoms with Gasteiger partial charge in [0.05, 0.1) is 46.0 Å². The van der Waals surface area contributed by atoms with Gasteiger partial charge < -0.3 is 23.7 Å². The molecule has 0 radical (unpaired) electrons. The van der Waals surface area contributed by atoms with E-state index >= 15 is 0 Å². The summed E-state index contributed by atoms with van der Waals surface area (Å²) in [5.74, 6) is -0.911. The van der Waals surface area contributed by atoms with Crippen molar-refractivity contribution in [1.82, 2.24) is 0 Å². The molecule has 0 fully saturated rings. The van der Waals surface area contributed by atoms with Crippen molar-refractivity contribution in [3.63, 3.8) is 0 Å². The van der Waals surface area contributed by atoms with Crippen molar-refractivity contribution in [3.8, 4) is 17.2 Å². The molecule has 0 saturated heterocycles. The van der Waals surface area contributed by atoms with Crippen LogP contribution >= 0.6 is 0 Å². The molecule has 0 amide bonds. The maximum absolute atomic E-state index is 12.3. The molecule has 0 spiro atoms. The monoisotopic (exact) mass is 388 g/mol. The molecule has 0 aliphatic carbocycles. The molecule has 0 aliphatic rings. The summed E-state index contributed by atoms with van der Waals surface area (Å²) in [7, 11) is 5.41. The third-order valence-electron chi connectivity index (χ3n) is 3.78. The first kappa shape index (κ1) is 20.8. The first-order chi connectivity index (χ1) is 13.4. The van der Waals surface area contributed by atoms with Gasteiger partial charge in [-0.05, 0) is 35.9 Å². The highest BCUT2D eigenvalue weighted by Gasteiger charge is 2.17. The van der Waals surface area contributed by atoms with E-state index in [1.807, 2.05) is 0 Å². The lowest BCUT2D eigenvalue weighted by Gasteiger charge is -2.10. The van der Waals surface area contributed by atoms with Crippen molar-refractivity contribution in [2.45, 2.75) is 6.42 Å². The van der Waals surface area contributed by atoms with Crippen molar-refractivity contribution in [2.24, 2.45) is 0 Å². The Labute approximate surface area is 161 Å². The zero-order valence-corrected chi connectivity index (χ0v) is 15.9. The van der Waals surface area contributed by atoms with Crippen LogP contribution in [0.1, 0.15) is 26.3 Å². The fraction of sp³-hybridized carbons (Fsp3) is 0.250. The number of carbonyl (C=O) groups excluding carboxylic acids is 3. The van der Waals surface area contributed by atoms with Crippen LogP contribution in [0.4, 0.5) is 0 Å². The van der Waals surface area contributed by atoms with Gasteiger partial charge in [0.15, 0.2) is 11.5 Å². The minimum Gasteiger partial charge on any atom is -0.493 e. The molecule has 0 N–H and O–H groups in total. The summed E-state index contributed by atoms with van der Waals surface area (Å²) in [6, 6.07) is 8.95. The normalized spacial score (nSPS) is 10.0. The van der Waals surface area contributed by atoms with Gasteiger partial charge in [0.2, 0.25) is 0 Å². The molecule has 0 aliphatic heterocycles. The van der Waals surface area contributed by atoms with E-state index in [1.165, 1.54) is 46.6 Å². The first-order valence-electron chi connectivity index (χ1n) is 8.15. The maximum Gasteiger partial charge on any atom is 0.338 e. The summed E-state index contributed by atoms with van der Waals surface area (Å²) < 4.78 is 25.0. The zero-order valence-electron chi connectivity index (χ0n) is 15.9. The Morgan fingerprint density at radius 3 is 1.82 bits per heavy atom. The summed E-state index contributed by atoms with van der Waals surface area (Å²) in [6.45, 7) is 0. The molecule has 2 aromatic rings. The van der Waals surface area contributed by atoms with E-state index in [0.29, 0.717) is 17.1 Å². The number of ether oxygens (including phenoxy) is 5. The number of rotatable bonds is 7. The molecule has 28 heavy (non-hydrogen) atoms. The number of hydrogen-bond donors (Lipinski definition) is 0. The number of esters is 3. The highest BCUT2D eigenvalue weighted by molar-refractivity contribution is 5.96. The molecule has 0 bridgehead atoms. The summed E-state index contributed by atoms with van der Waals surface area (Å²) >= 11 is 0. The Kier molecular flexibility index (Phi) is 6.97. The van der Waals surface area contributed by atoms with Gasteiger partial charge in [-0.2, -0.15) is 0 Å². The fourth-order valence-electron chi connectivity index (χ4n) is 2.45. The van der Waals surface area contributed by atoms with Gasteiger partial charge in [0, 0.05) is 0 Å². The molecular formula is C20H20O8. The van der Waals surface area contributed by atoms with Crippen LogP contribution in [-0.2, 0) is 20.7 Å². The second kappa shape index (κ2) is 9.40. The predicted molar refractivity (Wildman–Crippen MR) is 98.0 cm³/mol. The van der Waals surface area contributed by atoms with E-state index in [2.05, 4.69) is 9.47 Å². The van der Waals surface area contributed by atoms with Gasteiger partial charge in [0.25, 0.3) is 0 Å². The fourth-order valence-corrected chi connectivity index (χ4v) is 2.45. The van der Waals surface area contributed by atoms with Crippen LogP contribution in [0, 0.1) is 0 Å². The van der Waals surface area contributed by atoms with Crippen LogP contribution in [0.5, 0.6) is 17.2 Å². The van der Waals surface area contributed by atoms with Crippen molar-refractivity contribution in [1.29, 1.82) is 0 Å². The Bertz CT molecular complexity index is 854. The molecule has 0 unspecified atom stereocenters. The van der Waals surface area contributed by atoms with E-state index in [1.54, 1.807) is 18.2 Å². The van der Waals surface area contributed by atoms with Gasteiger partial charge in [-0.3, -0.25) is 4.79 Å². The van der Waals surface area contributed by atoms with E-state index in [9.17, 15) is 14.4 Å². The molecule has 2 rings (SSSR count). The summed E-state index contributed by atoms with van der Waals surface area (Å²) in [5.41, 5.74) is 0.749. The second-order valence-corrected chi connectivity index (χ2v) is 5.57. The molecule has 0 aromatic heterocycles. The van der Waals surface area contributed by atoms with Crippen LogP contribution in [0.25, 0.3) is 0 Å². The van der Waals surface area contributed by atoms with E-state index in [0.717, 1.165) is 0 Å². The average Bonchev–Trinajstić information content (AvgIpc) is 2.71. The van der Waals surface area contributed by atoms with Crippen LogP contribution in [0.2, 0.25) is 0 Å². The highest BCUT2D eigenvalue weighted by atomic mass is 16.5. The predicted octanol–water partition coefficient (Wildman–Crippen LogP) is 2.43. The van der Waals surface area contributed by atoms with Crippen LogP contribution < -0.4 is 14.2 Å². The van der Waals surface area contributed by atoms with Gasteiger partial charge in [-0.1, -0.05) is 6.07 Å². The summed E-state index contributed by atoms with van der Waals surface area (Å²) in [5, 5.41) is 0. The Hall–Kier alpha value is -3.55. The lowest BCUT2D eigenvalue weighted by atomic mass is 10.1. The molecule has 0 atom stereocenters.